The Kier molecular flexibility index (Phi) is 9.49. The van der Waals surface area contributed by atoms with E-state index in [1.165, 1.54) is 18.9 Å². The van der Waals surface area contributed by atoms with Crippen LogP contribution >= 0.6 is 11.8 Å². The molecule has 0 saturated carbocycles. The maximum Gasteiger partial charge on any atom is 0.337 e. The van der Waals surface area contributed by atoms with E-state index in [1.54, 1.807) is 12.1 Å². The lowest BCUT2D eigenvalue weighted by molar-refractivity contribution is 0.0600. The van der Waals surface area contributed by atoms with Crippen molar-refractivity contribution in [2.24, 2.45) is 0 Å². The molecule has 6 heteroatoms. The van der Waals surface area contributed by atoms with Crippen molar-refractivity contribution in [1.29, 1.82) is 0 Å². The quantitative estimate of drug-likeness (QED) is 0.397. The number of aliphatic hydroxyl groups excluding tert-OH is 1. The Morgan fingerprint density at radius 3 is 2.29 bits per heavy atom. The number of rotatable bonds is 10. The Balaban J connectivity index is 3.11. The number of carbonyl (C=O) groups is 2. The van der Waals surface area contributed by atoms with Crippen molar-refractivity contribution >= 4 is 23.6 Å². The minimum atomic E-state index is -0.453. The van der Waals surface area contributed by atoms with E-state index in [1.807, 2.05) is 24.8 Å². The third kappa shape index (κ3) is 6.17. The molecule has 0 heterocycles. The number of aliphatic hydroxyl groups is 1. The topological polar surface area (TPSA) is 66.8 Å². The van der Waals surface area contributed by atoms with Gasteiger partial charge in [-0.05, 0) is 37.5 Å². The van der Waals surface area contributed by atoms with Crippen molar-refractivity contribution in [2.75, 3.05) is 32.6 Å². The Bertz CT molecular complexity index is 542. The van der Waals surface area contributed by atoms with E-state index < -0.39 is 5.97 Å². The molecule has 134 valence electrons. The molecule has 1 aromatic rings. The highest BCUT2D eigenvalue weighted by Crippen LogP contribution is 2.24. The highest BCUT2D eigenvalue weighted by atomic mass is 32.2. The van der Waals surface area contributed by atoms with Gasteiger partial charge < -0.3 is 14.7 Å². The van der Waals surface area contributed by atoms with E-state index in [-0.39, 0.29) is 12.5 Å². The van der Waals surface area contributed by atoms with Gasteiger partial charge in [-0.1, -0.05) is 13.8 Å². The molecule has 5 nitrogen and oxygen atoms in total. The summed E-state index contributed by atoms with van der Waals surface area (Å²) in [5.74, 6) is 0.210. The SMILES string of the molecule is CCCN(CCC)C(=O)c1cc(SCCCO)cc(C(=O)OC)c1. The first-order valence-electron chi connectivity index (χ1n) is 8.33. The van der Waals surface area contributed by atoms with Gasteiger partial charge in [-0.25, -0.2) is 4.79 Å². The van der Waals surface area contributed by atoms with Crippen molar-refractivity contribution in [2.45, 2.75) is 38.0 Å². The summed E-state index contributed by atoms with van der Waals surface area (Å²) in [6, 6.07) is 5.15. The molecule has 24 heavy (non-hydrogen) atoms. The summed E-state index contributed by atoms with van der Waals surface area (Å²) in [6.07, 6.45) is 2.44. The van der Waals surface area contributed by atoms with Crippen LogP contribution in [0.5, 0.6) is 0 Å². The molecule has 0 aromatic heterocycles. The summed E-state index contributed by atoms with van der Waals surface area (Å²) in [6.45, 7) is 5.59. The minimum Gasteiger partial charge on any atom is -0.465 e. The molecule has 0 aliphatic rings. The summed E-state index contributed by atoms with van der Waals surface area (Å²) >= 11 is 1.52. The summed E-state index contributed by atoms with van der Waals surface area (Å²) in [4.78, 5) is 27.3. The monoisotopic (exact) mass is 353 g/mol. The van der Waals surface area contributed by atoms with Gasteiger partial charge in [0.1, 0.15) is 0 Å². The number of esters is 1. The van der Waals surface area contributed by atoms with Crippen LogP contribution in [-0.2, 0) is 4.74 Å². The van der Waals surface area contributed by atoms with Crippen LogP contribution in [0.2, 0.25) is 0 Å². The largest absolute Gasteiger partial charge is 0.465 e. The molecule has 0 fully saturated rings. The average molecular weight is 353 g/mol. The van der Waals surface area contributed by atoms with Gasteiger partial charge in [0.2, 0.25) is 0 Å². The third-order valence-corrected chi connectivity index (χ3v) is 4.48. The van der Waals surface area contributed by atoms with Crippen molar-refractivity contribution in [3.8, 4) is 0 Å². The van der Waals surface area contributed by atoms with Crippen molar-refractivity contribution < 1.29 is 19.4 Å². The normalized spacial score (nSPS) is 10.5. The molecule has 0 atom stereocenters. The van der Waals surface area contributed by atoms with E-state index in [2.05, 4.69) is 0 Å². The van der Waals surface area contributed by atoms with Gasteiger partial charge in [-0.15, -0.1) is 11.8 Å². The lowest BCUT2D eigenvalue weighted by atomic mass is 10.1. The smallest absolute Gasteiger partial charge is 0.337 e. The van der Waals surface area contributed by atoms with Gasteiger partial charge in [0.05, 0.1) is 12.7 Å². The zero-order valence-electron chi connectivity index (χ0n) is 14.7. The van der Waals surface area contributed by atoms with Gasteiger partial charge in [-0.3, -0.25) is 4.79 Å². The van der Waals surface area contributed by atoms with Crippen LogP contribution in [0.15, 0.2) is 23.1 Å². The second-order valence-corrected chi connectivity index (χ2v) is 6.62. The highest BCUT2D eigenvalue weighted by molar-refractivity contribution is 7.99. The van der Waals surface area contributed by atoms with Crippen LogP contribution in [0.3, 0.4) is 0 Å². The maximum atomic E-state index is 12.8. The Labute approximate surface area is 148 Å². The first-order chi connectivity index (χ1) is 11.6. The number of hydrogen-bond acceptors (Lipinski definition) is 5. The first-order valence-corrected chi connectivity index (χ1v) is 9.32. The van der Waals surface area contributed by atoms with E-state index in [0.29, 0.717) is 30.6 Å². The number of nitrogens with zero attached hydrogens (tertiary/aromatic N) is 1. The third-order valence-electron chi connectivity index (χ3n) is 3.42. The van der Waals surface area contributed by atoms with E-state index in [9.17, 15) is 9.59 Å². The molecule has 0 bridgehead atoms. The molecule has 0 unspecified atom stereocenters. The van der Waals surface area contributed by atoms with Crippen LogP contribution in [0.4, 0.5) is 0 Å². The molecule has 0 aliphatic carbocycles. The van der Waals surface area contributed by atoms with Crippen LogP contribution in [0.25, 0.3) is 0 Å². The number of benzene rings is 1. The van der Waals surface area contributed by atoms with Gasteiger partial charge in [0, 0.05) is 35.9 Å². The maximum absolute atomic E-state index is 12.8. The zero-order chi connectivity index (χ0) is 17.9. The summed E-state index contributed by atoms with van der Waals surface area (Å²) in [7, 11) is 1.33. The van der Waals surface area contributed by atoms with Crippen LogP contribution in [0.1, 0.15) is 53.8 Å². The van der Waals surface area contributed by atoms with E-state index in [4.69, 9.17) is 9.84 Å². The lowest BCUT2D eigenvalue weighted by Crippen LogP contribution is -2.32. The van der Waals surface area contributed by atoms with Crippen LogP contribution in [0, 0.1) is 0 Å². The second kappa shape index (κ2) is 11.1. The summed E-state index contributed by atoms with van der Waals surface area (Å²) < 4.78 is 4.79. The number of carbonyl (C=O) groups excluding carboxylic acids is 2. The second-order valence-electron chi connectivity index (χ2n) is 5.46. The molecule has 1 rings (SSSR count). The van der Waals surface area contributed by atoms with E-state index >= 15 is 0 Å². The highest BCUT2D eigenvalue weighted by Gasteiger charge is 2.18. The summed E-state index contributed by atoms with van der Waals surface area (Å²) in [5, 5.41) is 8.91. The fourth-order valence-electron chi connectivity index (χ4n) is 2.33. The van der Waals surface area contributed by atoms with Gasteiger partial charge in [0.25, 0.3) is 5.91 Å². The van der Waals surface area contributed by atoms with Gasteiger partial charge in [0.15, 0.2) is 0 Å². The number of ether oxygens (including phenoxy) is 1. The number of amides is 1. The fourth-order valence-corrected chi connectivity index (χ4v) is 3.26. The fraction of sp³-hybridized carbons (Fsp3) is 0.556. The van der Waals surface area contributed by atoms with Crippen molar-refractivity contribution in [3.05, 3.63) is 29.3 Å². The lowest BCUT2D eigenvalue weighted by Gasteiger charge is -2.22. The van der Waals surface area contributed by atoms with Gasteiger partial charge >= 0.3 is 5.97 Å². The number of methoxy groups -OCH3 is 1. The van der Waals surface area contributed by atoms with E-state index in [0.717, 1.165) is 23.5 Å². The number of thioether (sulfide) groups is 1. The zero-order valence-corrected chi connectivity index (χ0v) is 15.5. The van der Waals surface area contributed by atoms with Crippen LogP contribution in [-0.4, -0.2) is 54.4 Å². The summed E-state index contributed by atoms with van der Waals surface area (Å²) in [5.41, 5.74) is 0.883. The molecule has 0 spiro atoms. The molecule has 0 saturated heterocycles. The number of hydrogen-bond donors (Lipinski definition) is 1. The molecule has 0 aliphatic heterocycles. The first kappa shape index (κ1) is 20.5. The molecule has 1 N–H and O–H groups in total. The average Bonchev–Trinajstić information content (AvgIpc) is 2.60. The minimum absolute atomic E-state index is 0.0616. The molecule has 1 amide bonds. The Hall–Kier alpha value is -1.53. The predicted octanol–water partition coefficient (Wildman–Crippen LogP) is 3.21. The Morgan fingerprint density at radius 2 is 1.75 bits per heavy atom. The van der Waals surface area contributed by atoms with Gasteiger partial charge in [-0.2, -0.15) is 0 Å². The predicted molar refractivity (Wildman–Crippen MR) is 96.7 cm³/mol. The van der Waals surface area contributed by atoms with Crippen molar-refractivity contribution in [3.63, 3.8) is 0 Å². The van der Waals surface area contributed by atoms with Crippen molar-refractivity contribution in [1.82, 2.24) is 4.90 Å². The van der Waals surface area contributed by atoms with Crippen LogP contribution < -0.4 is 0 Å². The molecular formula is C18H27NO4S. The standard InChI is InChI=1S/C18H27NO4S/c1-4-7-19(8-5-2)17(21)14-11-15(18(22)23-3)13-16(12-14)24-10-6-9-20/h11-13,20H,4-10H2,1-3H3. The molecule has 0 radical (unpaired) electrons. The Morgan fingerprint density at radius 1 is 1.12 bits per heavy atom. The molecular weight excluding hydrogens is 326 g/mol. The molecule has 1 aromatic carbocycles.